The number of Topliss-reactive ketones (excluding diaryl/α,β-unsaturated/α-hetero) is 2. The largest absolute Gasteiger partial charge is 0.497 e. The van der Waals surface area contributed by atoms with Crippen LogP contribution in [0, 0.1) is 11.8 Å². The van der Waals surface area contributed by atoms with Gasteiger partial charge >= 0.3 is 0 Å². The second-order valence-corrected chi connectivity index (χ2v) is 9.40. The van der Waals surface area contributed by atoms with Gasteiger partial charge in [-0.1, -0.05) is 24.3 Å². The molecule has 0 N–H and O–H groups in total. The third kappa shape index (κ3) is 3.40. The quantitative estimate of drug-likeness (QED) is 0.398. The number of ketones is 2. The van der Waals surface area contributed by atoms with Crippen LogP contribution in [-0.2, 0) is 9.59 Å². The molecule has 6 rings (SSSR count). The van der Waals surface area contributed by atoms with Gasteiger partial charge < -0.3 is 4.74 Å². The zero-order chi connectivity index (χ0) is 25.8. The van der Waals surface area contributed by atoms with Crippen LogP contribution in [0.4, 0.5) is 5.69 Å². The molecule has 8 nitrogen and oxygen atoms in total. The molecule has 4 unspecified atom stereocenters. The first kappa shape index (κ1) is 22.8. The van der Waals surface area contributed by atoms with Gasteiger partial charge in [0.15, 0.2) is 11.6 Å². The van der Waals surface area contributed by atoms with E-state index in [1.807, 2.05) is 24.3 Å². The van der Waals surface area contributed by atoms with Gasteiger partial charge in [0.25, 0.3) is 0 Å². The van der Waals surface area contributed by atoms with Crippen molar-refractivity contribution in [3.8, 4) is 5.75 Å². The van der Waals surface area contributed by atoms with Crippen LogP contribution in [0.3, 0.4) is 0 Å². The predicted molar refractivity (Wildman–Crippen MR) is 136 cm³/mol. The number of nitrogens with zero attached hydrogens (tertiary/aromatic N) is 3. The number of ether oxygens (including phenoxy) is 1. The van der Waals surface area contributed by atoms with E-state index in [0.717, 1.165) is 16.0 Å². The maximum atomic E-state index is 13.9. The Hall–Kier alpha value is -4.59. The van der Waals surface area contributed by atoms with Gasteiger partial charge in [0, 0.05) is 11.1 Å². The van der Waals surface area contributed by atoms with E-state index in [9.17, 15) is 19.2 Å². The van der Waals surface area contributed by atoms with Crippen LogP contribution in [0.1, 0.15) is 44.8 Å². The Labute approximate surface area is 213 Å². The maximum absolute atomic E-state index is 13.9. The minimum Gasteiger partial charge on any atom is -0.497 e. The van der Waals surface area contributed by atoms with Gasteiger partial charge in [0.1, 0.15) is 11.8 Å². The molecule has 3 aliphatic heterocycles. The summed E-state index contributed by atoms with van der Waals surface area (Å²) in [7, 11) is 1.54. The van der Waals surface area contributed by atoms with Crippen molar-refractivity contribution in [2.45, 2.75) is 19.0 Å². The summed E-state index contributed by atoms with van der Waals surface area (Å²) in [5.74, 6) is -2.31. The molecule has 0 aliphatic carbocycles. The molecule has 0 bridgehead atoms. The van der Waals surface area contributed by atoms with Crippen LogP contribution in [0.2, 0.25) is 0 Å². The second kappa shape index (κ2) is 8.51. The summed E-state index contributed by atoms with van der Waals surface area (Å²) in [5, 5.41) is 6.21. The summed E-state index contributed by atoms with van der Waals surface area (Å²) in [5.41, 5.74) is 2.97. The minimum absolute atomic E-state index is 0.111. The number of fused-ring (bicyclic) bond motifs is 5. The highest BCUT2D eigenvalue weighted by atomic mass is 16.5. The summed E-state index contributed by atoms with van der Waals surface area (Å²) < 4.78 is 5.21. The van der Waals surface area contributed by atoms with E-state index in [-0.39, 0.29) is 17.5 Å². The van der Waals surface area contributed by atoms with E-state index < -0.39 is 29.8 Å². The summed E-state index contributed by atoms with van der Waals surface area (Å²) in [4.78, 5) is 54.6. The number of benzene rings is 3. The Balaban J connectivity index is 1.45. The van der Waals surface area contributed by atoms with Crippen LogP contribution in [-0.4, -0.2) is 47.8 Å². The van der Waals surface area contributed by atoms with Gasteiger partial charge in [-0.05, 0) is 66.6 Å². The Bertz CT molecular complexity index is 1480. The number of rotatable bonds is 5. The van der Waals surface area contributed by atoms with Gasteiger partial charge in [-0.3, -0.25) is 24.2 Å². The number of carbonyl (C=O) groups is 4. The van der Waals surface area contributed by atoms with E-state index in [2.05, 4.69) is 5.10 Å². The molecular formula is C29H23N3O5. The minimum atomic E-state index is -0.953. The average Bonchev–Trinajstić information content (AvgIpc) is 3.40. The lowest BCUT2D eigenvalue weighted by Crippen LogP contribution is -2.44. The molecule has 3 aromatic carbocycles. The van der Waals surface area contributed by atoms with Crippen molar-refractivity contribution in [3.05, 3.63) is 95.1 Å². The summed E-state index contributed by atoms with van der Waals surface area (Å²) >= 11 is 0. The zero-order valence-electron chi connectivity index (χ0n) is 20.2. The van der Waals surface area contributed by atoms with Gasteiger partial charge in [-0.2, -0.15) is 5.10 Å². The number of methoxy groups -OCH3 is 1. The molecule has 8 heteroatoms. The summed E-state index contributed by atoms with van der Waals surface area (Å²) in [6, 6.07) is 19.2. The normalized spacial score (nSPS) is 23.5. The Morgan fingerprint density at radius 2 is 1.49 bits per heavy atom. The average molecular weight is 494 g/mol. The van der Waals surface area contributed by atoms with Crippen molar-refractivity contribution in [2.24, 2.45) is 16.9 Å². The van der Waals surface area contributed by atoms with Gasteiger partial charge in [0.2, 0.25) is 11.8 Å². The highest BCUT2D eigenvalue weighted by Gasteiger charge is 2.65. The number of hydrogen-bond acceptors (Lipinski definition) is 7. The first-order chi connectivity index (χ1) is 17.9. The highest BCUT2D eigenvalue weighted by Crippen LogP contribution is 2.53. The first-order valence-corrected chi connectivity index (χ1v) is 12.0. The SMILES string of the molecule is COc1ccc(C(=O)C2C3C(=O)N(c4ccc(C(C)=O)cc4)C(=O)C3C3c4ccccc4C=NN23)cc1. The molecular weight excluding hydrogens is 470 g/mol. The monoisotopic (exact) mass is 493 g/mol. The molecule has 0 radical (unpaired) electrons. The molecule has 0 aromatic heterocycles. The van der Waals surface area contributed by atoms with Gasteiger partial charge in [-0.25, -0.2) is 4.90 Å². The lowest BCUT2D eigenvalue weighted by atomic mass is 9.83. The molecule has 2 amide bonds. The Morgan fingerprint density at radius 1 is 0.838 bits per heavy atom. The molecule has 4 atom stereocenters. The summed E-state index contributed by atoms with van der Waals surface area (Å²) in [6.45, 7) is 1.45. The molecule has 0 spiro atoms. The fourth-order valence-electron chi connectivity index (χ4n) is 5.69. The molecule has 3 aliphatic rings. The van der Waals surface area contributed by atoms with Crippen LogP contribution < -0.4 is 9.64 Å². The van der Waals surface area contributed by atoms with Crippen molar-refractivity contribution in [2.75, 3.05) is 12.0 Å². The third-order valence-corrected chi connectivity index (χ3v) is 7.47. The van der Waals surface area contributed by atoms with Crippen molar-refractivity contribution in [3.63, 3.8) is 0 Å². The van der Waals surface area contributed by atoms with Crippen molar-refractivity contribution in [1.29, 1.82) is 0 Å². The zero-order valence-corrected chi connectivity index (χ0v) is 20.2. The Morgan fingerprint density at radius 3 is 2.16 bits per heavy atom. The second-order valence-electron chi connectivity index (χ2n) is 9.40. The number of imide groups is 1. The molecule has 184 valence electrons. The molecule has 3 aromatic rings. The van der Waals surface area contributed by atoms with Crippen molar-refractivity contribution >= 4 is 35.3 Å². The predicted octanol–water partition coefficient (Wildman–Crippen LogP) is 3.66. The van der Waals surface area contributed by atoms with Crippen LogP contribution >= 0.6 is 0 Å². The lowest BCUT2D eigenvalue weighted by Gasteiger charge is -2.33. The van der Waals surface area contributed by atoms with Gasteiger partial charge in [-0.15, -0.1) is 0 Å². The number of anilines is 1. The van der Waals surface area contributed by atoms with Gasteiger partial charge in [0.05, 0.1) is 36.9 Å². The standard InChI is InChI=1S/C29H23N3O5/c1-16(33)17-7-11-20(12-8-17)31-28(35)23-24(29(31)36)26(27(34)18-9-13-21(37-2)14-10-18)32-25(23)22-6-4-3-5-19(22)15-30-32/h3-15,23-26H,1-2H3. The third-order valence-electron chi connectivity index (χ3n) is 7.47. The molecule has 2 fully saturated rings. The maximum Gasteiger partial charge on any atom is 0.240 e. The lowest BCUT2D eigenvalue weighted by molar-refractivity contribution is -0.124. The van der Waals surface area contributed by atoms with Crippen molar-refractivity contribution in [1.82, 2.24) is 5.01 Å². The van der Waals surface area contributed by atoms with E-state index >= 15 is 0 Å². The first-order valence-electron chi connectivity index (χ1n) is 12.0. The van der Waals surface area contributed by atoms with E-state index in [4.69, 9.17) is 4.74 Å². The van der Waals surface area contributed by atoms with Crippen LogP contribution in [0.15, 0.2) is 77.9 Å². The molecule has 3 heterocycles. The highest BCUT2D eigenvalue weighted by molar-refractivity contribution is 6.24. The Kier molecular flexibility index (Phi) is 5.26. The molecule has 37 heavy (non-hydrogen) atoms. The number of carbonyl (C=O) groups excluding carboxylic acids is 4. The number of amides is 2. The fraction of sp³-hybridized carbons (Fsp3) is 0.207. The number of hydrazone groups is 1. The smallest absolute Gasteiger partial charge is 0.240 e. The topological polar surface area (TPSA) is 96.3 Å². The van der Waals surface area contributed by atoms with E-state index in [1.54, 1.807) is 66.9 Å². The van der Waals surface area contributed by atoms with Crippen molar-refractivity contribution < 1.29 is 23.9 Å². The molecule has 0 saturated carbocycles. The van der Waals surface area contributed by atoms with Crippen LogP contribution in [0.5, 0.6) is 5.75 Å². The van der Waals surface area contributed by atoms with E-state index in [0.29, 0.717) is 22.6 Å². The number of hydrogen-bond donors (Lipinski definition) is 0. The molecule has 2 saturated heterocycles. The van der Waals surface area contributed by atoms with E-state index in [1.165, 1.54) is 6.92 Å². The fourth-order valence-corrected chi connectivity index (χ4v) is 5.69. The summed E-state index contributed by atoms with van der Waals surface area (Å²) in [6.07, 6.45) is 1.67. The van der Waals surface area contributed by atoms with Crippen LogP contribution in [0.25, 0.3) is 0 Å².